The predicted molar refractivity (Wildman–Crippen MR) is 122 cm³/mol. The topological polar surface area (TPSA) is 106 Å². The zero-order chi connectivity index (χ0) is 23.5. The van der Waals surface area contributed by atoms with Crippen LogP contribution < -0.4 is 5.32 Å². The number of amides is 1. The Balaban J connectivity index is 1.73. The molecule has 0 saturated carbocycles. The van der Waals surface area contributed by atoms with Crippen molar-refractivity contribution in [3.63, 3.8) is 0 Å². The summed E-state index contributed by atoms with van der Waals surface area (Å²) in [5.41, 5.74) is 1.31. The molecule has 32 heavy (non-hydrogen) atoms. The Morgan fingerprint density at radius 3 is 2.47 bits per heavy atom. The van der Waals surface area contributed by atoms with Gasteiger partial charge in [-0.05, 0) is 63.2 Å². The number of esters is 1. The van der Waals surface area contributed by atoms with Crippen LogP contribution in [0, 0.1) is 0 Å². The molecule has 1 amide bonds. The molecule has 0 saturated heterocycles. The number of fused-ring (bicyclic) bond motifs is 1. The average Bonchev–Trinajstić information content (AvgIpc) is 2.78. The molecule has 0 aliphatic rings. The number of benzene rings is 2. The lowest BCUT2D eigenvalue weighted by molar-refractivity contribution is -0.123. The molecule has 2 aromatic carbocycles. The molecule has 1 unspecified atom stereocenters. The van der Waals surface area contributed by atoms with Crippen molar-refractivity contribution in [2.24, 2.45) is 0 Å². The maximum Gasteiger partial charge on any atom is 0.338 e. The molecule has 1 aromatic heterocycles. The van der Waals surface area contributed by atoms with Crippen molar-refractivity contribution >= 4 is 38.5 Å². The van der Waals surface area contributed by atoms with Gasteiger partial charge in [-0.1, -0.05) is 12.1 Å². The molecule has 3 aromatic rings. The van der Waals surface area contributed by atoms with E-state index in [4.69, 9.17) is 4.74 Å². The fourth-order valence-corrected chi connectivity index (χ4v) is 4.37. The lowest BCUT2D eigenvalue weighted by Crippen LogP contribution is -2.33. The van der Waals surface area contributed by atoms with Gasteiger partial charge in [0, 0.05) is 24.7 Å². The summed E-state index contributed by atoms with van der Waals surface area (Å²) < 4.78 is 31.9. The monoisotopic (exact) mass is 455 g/mol. The molecule has 168 valence electrons. The Kier molecular flexibility index (Phi) is 6.90. The quantitative estimate of drug-likeness (QED) is 0.547. The number of anilines is 1. The lowest BCUT2D eigenvalue weighted by Gasteiger charge is -2.21. The summed E-state index contributed by atoms with van der Waals surface area (Å²) in [5, 5.41) is 3.50. The largest absolute Gasteiger partial charge is 0.449 e. The molecule has 0 aliphatic carbocycles. The normalized spacial score (nSPS) is 12.7. The molecule has 1 atom stereocenters. The highest BCUT2D eigenvalue weighted by molar-refractivity contribution is 7.89. The number of nitrogens with zero attached hydrogens (tertiary/aromatic N) is 2. The first-order valence-electron chi connectivity index (χ1n) is 10.0. The average molecular weight is 456 g/mol. The van der Waals surface area contributed by atoms with Crippen LogP contribution in [0.4, 0.5) is 5.69 Å². The van der Waals surface area contributed by atoms with E-state index in [9.17, 15) is 18.0 Å². The van der Waals surface area contributed by atoms with Crippen molar-refractivity contribution < 1.29 is 22.7 Å². The van der Waals surface area contributed by atoms with Gasteiger partial charge < -0.3 is 10.1 Å². The molecule has 8 nitrogen and oxygen atoms in total. The van der Waals surface area contributed by atoms with Crippen LogP contribution in [-0.4, -0.2) is 48.8 Å². The molecule has 0 radical (unpaired) electrons. The highest BCUT2D eigenvalue weighted by Crippen LogP contribution is 2.22. The summed E-state index contributed by atoms with van der Waals surface area (Å²) >= 11 is 0. The summed E-state index contributed by atoms with van der Waals surface area (Å²) in [6.45, 7) is 4.95. The van der Waals surface area contributed by atoms with Crippen LogP contribution in [0.2, 0.25) is 0 Å². The van der Waals surface area contributed by atoms with E-state index in [1.54, 1.807) is 38.2 Å². The third-order valence-corrected chi connectivity index (χ3v) is 7.06. The SMILES string of the molecule is CC(OC(=O)c1cccc(S(=O)(=O)N(C)C(C)C)c1)C(=O)Nc1cccc2ncccc12. The van der Waals surface area contributed by atoms with Gasteiger partial charge in [-0.2, -0.15) is 4.31 Å². The first-order valence-corrected chi connectivity index (χ1v) is 11.5. The molecular formula is C23H25N3O5S. The first kappa shape index (κ1) is 23.4. The molecule has 0 aliphatic heterocycles. The van der Waals surface area contributed by atoms with Gasteiger partial charge in [0.05, 0.1) is 21.7 Å². The zero-order valence-corrected chi connectivity index (χ0v) is 19.1. The highest BCUT2D eigenvalue weighted by atomic mass is 32.2. The fraction of sp³-hybridized carbons (Fsp3) is 0.261. The number of nitrogens with one attached hydrogen (secondary N) is 1. The van der Waals surface area contributed by atoms with Crippen LogP contribution in [0.15, 0.2) is 65.7 Å². The van der Waals surface area contributed by atoms with E-state index in [1.165, 1.54) is 42.5 Å². The van der Waals surface area contributed by atoms with Crippen molar-refractivity contribution in [2.75, 3.05) is 12.4 Å². The van der Waals surface area contributed by atoms with E-state index in [0.717, 1.165) is 10.9 Å². The number of hydrogen-bond acceptors (Lipinski definition) is 6. The Labute approximate surface area is 187 Å². The minimum Gasteiger partial charge on any atom is -0.449 e. The van der Waals surface area contributed by atoms with Crippen LogP contribution in [-0.2, 0) is 19.6 Å². The Morgan fingerprint density at radius 1 is 1.03 bits per heavy atom. The number of sulfonamides is 1. The second-order valence-corrected chi connectivity index (χ2v) is 9.55. The lowest BCUT2D eigenvalue weighted by atomic mass is 10.1. The molecule has 1 N–H and O–H groups in total. The first-order chi connectivity index (χ1) is 15.1. The second-order valence-electron chi connectivity index (χ2n) is 7.56. The van der Waals surface area contributed by atoms with E-state index in [1.807, 2.05) is 12.1 Å². The fourth-order valence-electron chi connectivity index (χ4n) is 2.96. The third-order valence-electron chi connectivity index (χ3n) is 5.03. The molecule has 3 rings (SSSR count). The summed E-state index contributed by atoms with van der Waals surface area (Å²) in [6.07, 6.45) is 0.555. The van der Waals surface area contributed by atoms with E-state index in [0.29, 0.717) is 5.69 Å². The van der Waals surface area contributed by atoms with Gasteiger partial charge in [-0.15, -0.1) is 0 Å². The van der Waals surface area contributed by atoms with E-state index in [-0.39, 0.29) is 16.5 Å². The minimum absolute atomic E-state index is 0.0245. The molecule has 1 heterocycles. The Bertz CT molecular complexity index is 1250. The Morgan fingerprint density at radius 2 is 1.75 bits per heavy atom. The van der Waals surface area contributed by atoms with E-state index in [2.05, 4.69) is 10.3 Å². The van der Waals surface area contributed by atoms with Gasteiger partial charge in [0.25, 0.3) is 5.91 Å². The van der Waals surface area contributed by atoms with Crippen molar-refractivity contribution in [1.82, 2.24) is 9.29 Å². The smallest absolute Gasteiger partial charge is 0.338 e. The zero-order valence-electron chi connectivity index (χ0n) is 18.3. The molecule has 0 spiro atoms. The van der Waals surface area contributed by atoms with Crippen molar-refractivity contribution in [1.29, 1.82) is 0 Å². The van der Waals surface area contributed by atoms with Gasteiger partial charge in [0.1, 0.15) is 0 Å². The van der Waals surface area contributed by atoms with Gasteiger partial charge in [0.15, 0.2) is 6.10 Å². The standard InChI is InChI=1S/C23H25N3O5S/c1-15(2)26(4)32(29,30)18-9-5-8-17(14-18)23(28)31-16(3)22(27)25-21-12-6-11-20-19(21)10-7-13-24-20/h5-16H,1-4H3,(H,25,27). The number of rotatable bonds is 7. The van der Waals surface area contributed by atoms with Gasteiger partial charge in [-0.25, -0.2) is 13.2 Å². The van der Waals surface area contributed by atoms with Crippen molar-refractivity contribution in [2.45, 2.75) is 37.8 Å². The number of ether oxygens (including phenoxy) is 1. The summed E-state index contributed by atoms with van der Waals surface area (Å²) in [7, 11) is -2.29. The third kappa shape index (κ3) is 4.95. The highest BCUT2D eigenvalue weighted by Gasteiger charge is 2.25. The van der Waals surface area contributed by atoms with Crippen LogP contribution in [0.5, 0.6) is 0 Å². The number of carbonyl (C=O) groups excluding carboxylic acids is 2. The molecule has 9 heteroatoms. The summed E-state index contributed by atoms with van der Waals surface area (Å²) in [6, 6.07) is 14.2. The van der Waals surface area contributed by atoms with Crippen LogP contribution in [0.3, 0.4) is 0 Å². The summed E-state index contributed by atoms with van der Waals surface area (Å²) in [4.78, 5) is 29.4. The predicted octanol–water partition coefficient (Wildman–Crippen LogP) is 3.45. The van der Waals surface area contributed by atoms with Gasteiger partial charge >= 0.3 is 5.97 Å². The second kappa shape index (κ2) is 9.46. The summed E-state index contributed by atoms with van der Waals surface area (Å²) in [5.74, 6) is -1.31. The number of carbonyl (C=O) groups is 2. The van der Waals surface area contributed by atoms with Crippen LogP contribution >= 0.6 is 0 Å². The Hall–Kier alpha value is -3.30. The number of hydrogen-bond donors (Lipinski definition) is 1. The van der Waals surface area contributed by atoms with Crippen molar-refractivity contribution in [3.05, 3.63) is 66.4 Å². The van der Waals surface area contributed by atoms with E-state index < -0.39 is 28.0 Å². The number of aromatic nitrogens is 1. The number of pyridine rings is 1. The molecule has 0 bridgehead atoms. The van der Waals surface area contributed by atoms with Crippen LogP contribution in [0.25, 0.3) is 10.9 Å². The van der Waals surface area contributed by atoms with Crippen LogP contribution in [0.1, 0.15) is 31.1 Å². The molecule has 0 fully saturated rings. The molecular weight excluding hydrogens is 430 g/mol. The van der Waals surface area contributed by atoms with Gasteiger partial charge in [0.2, 0.25) is 10.0 Å². The maximum atomic E-state index is 12.7. The van der Waals surface area contributed by atoms with Crippen molar-refractivity contribution in [3.8, 4) is 0 Å². The van der Waals surface area contributed by atoms with Gasteiger partial charge in [-0.3, -0.25) is 9.78 Å². The van der Waals surface area contributed by atoms with E-state index >= 15 is 0 Å². The minimum atomic E-state index is -3.76. The maximum absolute atomic E-state index is 12.7.